The molecule has 0 aromatic carbocycles. The SMILES string of the molecule is CCC1(OC(=O)NC(CC(C)C)C(=O)NC(C[C@@H]2CCNC2=O)C(O)S(=O)(=O)O)COCOC1. The highest BCUT2D eigenvalue weighted by molar-refractivity contribution is 7.86. The molecule has 196 valence electrons. The molecule has 13 nitrogen and oxygen atoms in total. The molecule has 14 heteroatoms. The Bertz CT molecular complexity index is 828. The van der Waals surface area contributed by atoms with E-state index in [9.17, 15) is 32.5 Å². The maximum Gasteiger partial charge on any atom is 0.408 e. The fraction of sp³-hybridized carbons (Fsp3) is 0.850. The van der Waals surface area contributed by atoms with Gasteiger partial charge in [0.2, 0.25) is 17.3 Å². The summed E-state index contributed by atoms with van der Waals surface area (Å²) in [6, 6.07) is -2.62. The van der Waals surface area contributed by atoms with Gasteiger partial charge in [-0.05, 0) is 31.6 Å². The van der Waals surface area contributed by atoms with Gasteiger partial charge in [-0.2, -0.15) is 8.42 Å². The maximum atomic E-state index is 13.0. The number of rotatable bonds is 11. The lowest BCUT2D eigenvalue weighted by Gasteiger charge is -2.35. The standard InChI is InChI=1S/C20H35N3O10S/c1-4-20(9-31-11-32-10-20)33-19(27)23-14(7-12(2)3)17(25)22-15(18(26)34(28,29)30)8-13-5-6-21-16(13)24/h12-15,18,26H,4-11H2,1-3H3,(H,21,24)(H,22,25)(H,23,27)(H,28,29,30)/t13-,14?,15?,18?/m0/s1. The first-order valence-corrected chi connectivity index (χ1v) is 12.7. The van der Waals surface area contributed by atoms with Crippen molar-refractivity contribution in [2.24, 2.45) is 11.8 Å². The molecule has 0 aromatic rings. The van der Waals surface area contributed by atoms with Crippen LogP contribution in [-0.2, 0) is 33.9 Å². The van der Waals surface area contributed by atoms with E-state index in [2.05, 4.69) is 16.0 Å². The van der Waals surface area contributed by atoms with Gasteiger partial charge < -0.3 is 35.3 Å². The van der Waals surface area contributed by atoms with Crippen LogP contribution in [0.15, 0.2) is 0 Å². The number of amides is 3. The molecule has 0 radical (unpaired) electrons. The number of hydrogen-bond donors (Lipinski definition) is 5. The molecule has 2 heterocycles. The normalized spacial score (nSPS) is 23.0. The molecule has 3 unspecified atom stereocenters. The summed E-state index contributed by atoms with van der Waals surface area (Å²) in [5.41, 5.74) is -3.36. The third-order valence-corrected chi connectivity index (χ3v) is 6.78. The first-order valence-electron chi connectivity index (χ1n) is 11.2. The van der Waals surface area contributed by atoms with Crippen molar-refractivity contribution in [1.82, 2.24) is 16.0 Å². The van der Waals surface area contributed by atoms with Crippen LogP contribution in [0.1, 0.15) is 46.5 Å². The number of aliphatic hydroxyl groups excluding tert-OH is 1. The molecule has 0 bridgehead atoms. The fourth-order valence-electron chi connectivity index (χ4n) is 3.88. The first kappa shape index (κ1) is 28.2. The Morgan fingerprint density at radius 2 is 1.91 bits per heavy atom. The molecule has 0 aliphatic carbocycles. The summed E-state index contributed by atoms with van der Waals surface area (Å²) in [6.07, 6.45) is -0.143. The van der Waals surface area contributed by atoms with Crippen molar-refractivity contribution >= 4 is 28.0 Å². The summed E-state index contributed by atoms with van der Waals surface area (Å²) >= 11 is 0. The van der Waals surface area contributed by atoms with Crippen LogP contribution in [0.4, 0.5) is 4.79 Å². The quantitative estimate of drug-likeness (QED) is 0.227. The molecule has 34 heavy (non-hydrogen) atoms. The van der Waals surface area contributed by atoms with Gasteiger partial charge in [0.15, 0.2) is 5.60 Å². The van der Waals surface area contributed by atoms with Gasteiger partial charge in [-0.25, -0.2) is 4.79 Å². The number of hydrogen-bond acceptors (Lipinski definition) is 9. The van der Waals surface area contributed by atoms with Crippen molar-refractivity contribution in [3.05, 3.63) is 0 Å². The van der Waals surface area contributed by atoms with E-state index in [0.29, 0.717) is 19.4 Å². The summed E-state index contributed by atoms with van der Waals surface area (Å²) in [4.78, 5) is 37.6. The van der Waals surface area contributed by atoms with Crippen LogP contribution < -0.4 is 16.0 Å². The van der Waals surface area contributed by atoms with Crippen molar-refractivity contribution < 1.29 is 46.7 Å². The fourth-order valence-corrected chi connectivity index (χ4v) is 4.47. The Morgan fingerprint density at radius 3 is 2.41 bits per heavy atom. The zero-order valence-corrected chi connectivity index (χ0v) is 20.4. The smallest absolute Gasteiger partial charge is 0.408 e. The van der Waals surface area contributed by atoms with Crippen molar-refractivity contribution in [3.63, 3.8) is 0 Å². The van der Waals surface area contributed by atoms with Crippen LogP contribution in [0.2, 0.25) is 0 Å². The molecule has 0 spiro atoms. The number of ether oxygens (including phenoxy) is 3. The van der Waals surface area contributed by atoms with Gasteiger partial charge in [-0.3, -0.25) is 14.1 Å². The topological polar surface area (TPSA) is 190 Å². The molecule has 4 atom stereocenters. The predicted octanol–water partition coefficient (Wildman–Crippen LogP) is -0.502. The van der Waals surface area contributed by atoms with Gasteiger partial charge in [0.05, 0.1) is 19.3 Å². The molecule has 2 aliphatic heterocycles. The van der Waals surface area contributed by atoms with E-state index < -0.39 is 51.2 Å². The molecular formula is C20H35N3O10S. The summed E-state index contributed by atoms with van der Waals surface area (Å²) in [7, 11) is -4.94. The Balaban J connectivity index is 2.13. The number of alkyl carbamates (subject to hydrolysis) is 1. The van der Waals surface area contributed by atoms with Crippen LogP contribution >= 0.6 is 0 Å². The summed E-state index contributed by atoms with van der Waals surface area (Å²) in [5, 5.41) is 17.6. The molecule has 2 aliphatic rings. The lowest BCUT2D eigenvalue weighted by molar-refractivity contribution is -0.200. The van der Waals surface area contributed by atoms with Gasteiger partial charge in [0, 0.05) is 12.5 Å². The van der Waals surface area contributed by atoms with E-state index in [1.807, 2.05) is 13.8 Å². The average Bonchev–Trinajstić information content (AvgIpc) is 3.16. The second-order valence-corrected chi connectivity index (χ2v) is 10.6. The Morgan fingerprint density at radius 1 is 1.26 bits per heavy atom. The third kappa shape index (κ3) is 8.05. The minimum atomic E-state index is -4.94. The van der Waals surface area contributed by atoms with Gasteiger partial charge in [0.25, 0.3) is 10.1 Å². The van der Waals surface area contributed by atoms with Crippen LogP contribution in [0, 0.1) is 11.8 Å². The van der Waals surface area contributed by atoms with Crippen molar-refractivity contribution in [2.75, 3.05) is 26.6 Å². The van der Waals surface area contributed by atoms with Gasteiger partial charge in [-0.15, -0.1) is 0 Å². The molecule has 3 amide bonds. The number of aliphatic hydroxyl groups is 1. The van der Waals surface area contributed by atoms with E-state index in [4.69, 9.17) is 14.2 Å². The lowest BCUT2D eigenvalue weighted by Crippen LogP contribution is -2.56. The highest BCUT2D eigenvalue weighted by atomic mass is 32.2. The number of nitrogens with one attached hydrogen (secondary N) is 3. The van der Waals surface area contributed by atoms with Crippen LogP contribution in [-0.4, -0.2) is 85.7 Å². The number of carbonyl (C=O) groups excluding carboxylic acids is 3. The molecule has 0 saturated carbocycles. The summed E-state index contributed by atoms with van der Waals surface area (Å²) < 4.78 is 48.4. The second-order valence-electron chi connectivity index (χ2n) is 9.10. The van der Waals surface area contributed by atoms with Crippen molar-refractivity contribution in [3.8, 4) is 0 Å². The van der Waals surface area contributed by atoms with Crippen LogP contribution in [0.3, 0.4) is 0 Å². The summed E-state index contributed by atoms with van der Waals surface area (Å²) in [6.45, 7) is 6.15. The van der Waals surface area contributed by atoms with E-state index in [1.54, 1.807) is 6.92 Å². The van der Waals surface area contributed by atoms with E-state index in [1.165, 1.54) is 0 Å². The minimum Gasteiger partial charge on any atom is -0.438 e. The van der Waals surface area contributed by atoms with Crippen molar-refractivity contribution in [1.29, 1.82) is 0 Å². The highest BCUT2D eigenvalue weighted by Crippen LogP contribution is 2.22. The monoisotopic (exact) mass is 509 g/mol. The predicted molar refractivity (Wildman–Crippen MR) is 118 cm³/mol. The minimum absolute atomic E-state index is 0.0527. The Hall–Kier alpha value is -2.00. The third-order valence-electron chi connectivity index (χ3n) is 5.84. The molecular weight excluding hydrogens is 474 g/mol. The zero-order valence-electron chi connectivity index (χ0n) is 19.6. The van der Waals surface area contributed by atoms with E-state index in [-0.39, 0.29) is 44.7 Å². The van der Waals surface area contributed by atoms with E-state index in [0.717, 1.165) is 0 Å². The molecule has 2 rings (SSSR count). The second kappa shape index (κ2) is 12.1. The zero-order chi connectivity index (χ0) is 25.5. The van der Waals surface area contributed by atoms with Gasteiger partial charge in [0.1, 0.15) is 12.8 Å². The van der Waals surface area contributed by atoms with Gasteiger partial charge >= 0.3 is 6.09 Å². The summed E-state index contributed by atoms with van der Waals surface area (Å²) in [5.74, 6) is -1.84. The van der Waals surface area contributed by atoms with Crippen LogP contribution in [0.5, 0.6) is 0 Å². The highest BCUT2D eigenvalue weighted by Gasteiger charge is 2.39. The molecule has 2 saturated heterocycles. The largest absolute Gasteiger partial charge is 0.438 e. The maximum absolute atomic E-state index is 13.0. The Labute approximate surface area is 199 Å². The molecule has 2 fully saturated rings. The number of carbonyl (C=O) groups is 3. The van der Waals surface area contributed by atoms with Gasteiger partial charge in [-0.1, -0.05) is 20.8 Å². The molecule has 0 aromatic heterocycles. The first-order chi connectivity index (χ1) is 15.9. The average molecular weight is 510 g/mol. The van der Waals surface area contributed by atoms with E-state index >= 15 is 0 Å². The molecule has 5 N–H and O–H groups in total. The van der Waals surface area contributed by atoms with Crippen LogP contribution in [0.25, 0.3) is 0 Å². The Kier molecular flexibility index (Phi) is 10.1. The van der Waals surface area contributed by atoms with Crippen molar-refractivity contribution in [2.45, 2.75) is 69.6 Å². The lowest BCUT2D eigenvalue weighted by atomic mass is 9.97.